The van der Waals surface area contributed by atoms with E-state index in [4.69, 9.17) is 15.4 Å². The molecule has 1 aromatic rings. The van der Waals surface area contributed by atoms with Gasteiger partial charge in [-0.05, 0) is 31.0 Å². The van der Waals surface area contributed by atoms with Gasteiger partial charge in [-0.2, -0.15) is 0 Å². The van der Waals surface area contributed by atoms with Crippen LogP contribution in [0.3, 0.4) is 0 Å². The predicted molar refractivity (Wildman–Crippen MR) is 77.8 cm³/mol. The van der Waals surface area contributed by atoms with E-state index in [2.05, 4.69) is 15.9 Å². The zero-order valence-corrected chi connectivity index (χ0v) is 13.5. The monoisotopic (exact) mass is 354 g/mol. The van der Waals surface area contributed by atoms with Crippen molar-refractivity contribution in [3.8, 4) is 5.75 Å². The lowest BCUT2D eigenvalue weighted by molar-refractivity contribution is 0.256. The molecule has 0 heterocycles. The summed E-state index contributed by atoms with van der Waals surface area (Å²) in [6.07, 6.45) is 0.707. The fraction of sp³-hybridized carbons (Fsp3) is 0.500. The zero-order valence-electron chi connectivity index (χ0n) is 10.3. The normalized spacial score (nSPS) is 13.3. The highest BCUT2D eigenvalue weighted by Gasteiger charge is 2.16. The van der Waals surface area contributed by atoms with E-state index < -0.39 is 9.05 Å². The van der Waals surface area contributed by atoms with Gasteiger partial charge < -0.3 is 4.74 Å². The number of hydrogen-bond acceptors (Lipinski definition) is 3. The molecular formula is C12H16BrClO3S. The molecule has 0 fully saturated rings. The van der Waals surface area contributed by atoms with Crippen molar-refractivity contribution < 1.29 is 13.2 Å². The van der Waals surface area contributed by atoms with Crippen molar-refractivity contribution in [2.24, 2.45) is 5.92 Å². The first-order valence-corrected chi connectivity index (χ1v) is 8.90. The van der Waals surface area contributed by atoms with Crippen LogP contribution in [0.5, 0.6) is 5.75 Å². The van der Waals surface area contributed by atoms with E-state index in [-0.39, 0.29) is 11.7 Å². The molecule has 0 aliphatic rings. The average molecular weight is 356 g/mol. The largest absolute Gasteiger partial charge is 0.493 e. The standard InChI is InChI=1S/C12H16BrClO3S/c1-3-10(8-18(14,15)16)7-17-12-6-11(13)5-4-9(12)2/h4-6,10H,3,7-8H2,1-2H3. The van der Waals surface area contributed by atoms with Gasteiger partial charge in [0.05, 0.1) is 12.4 Å². The van der Waals surface area contributed by atoms with Gasteiger partial charge in [0.15, 0.2) is 0 Å². The second-order valence-corrected chi connectivity index (χ2v) is 7.94. The number of halogens is 2. The Hall–Kier alpha value is -0.260. The third-order valence-electron chi connectivity index (χ3n) is 2.64. The lowest BCUT2D eigenvalue weighted by atomic mass is 10.1. The van der Waals surface area contributed by atoms with Crippen molar-refractivity contribution >= 4 is 35.7 Å². The Bertz CT molecular complexity index is 502. The van der Waals surface area contributed by atoms with Crippen LogP contribution in [0.1, 0.15) is 18.9 Å². The van der Waals surface area contributed by atoms with E-state index >= 15 is 0 Å². The van der Waals surface area contributed by atoms with Gasteiger partial charge in [0.1, 0.15) is 5.75 Å². The third kappa shape index (κ3) is 5.59. The van der Waals surface area contributed by atoms with Crippen LogP contribution < -0.4 is 4.74 Å². The molecule has 102 valence electrons. The summed E-state index contributed by atoms with van der Waals surface area (Å²) in [5.74, 6) is 0.610. The molecule has 1 rings (SSSR count). The second-order valence-electron chi connectivity index (χ2n) is 4.20. The lowest BCUT2D eigenvalue weighted by Gasteiger charge is -2.15. The van der Waals surface area contributed by atoms with Gasteiger partial charge in [0.2, 0.25) is 9.05 Å². The fourth-order valence-electron chi connectivity index (χ4n) is 1.50. The molecule has 1 unspecified atom stereocenters. The summed E-state index contributed by atoms with van der Waals surface area (Å²) in [6, 6.07) is 5.75. The molecule has 0 radical (unpaired) electrons. The van der Waals surface area contributed by atoms with Crippen molar-refractivity contribution in [3.63, 3.8) is 0 Å². The quantitative estimate of drug-likeness (QED) is 0.730. The Labute approximate surface area is 121 Å². The van der Waals surface area contributed by atoms with Gasteiger partial charge in [0, 0.05) is 21.1 Å². The Kier molecular flexibility index (Phi) is 5.95. The first kappa shape index (κ1) is 15.8. The smallest absolute Gasteiger partial charge is 0.232 e. The summed E-state index contributed by atoms with van der Waals surface area (Å²) in [7, 11) is 1.78. The SMILES string of the molecule is CCC(COc1cc(Br)ccc1C)CS(=O)(=O)Cl. The molecule has 0 aromatic heterocycles. The number of rotatable bonds is 6. The summed E-state index contributed by atoms with van der Waals surface area (Å²) >= 11 is 3.37. The third-order valence-corrected chi connectivity index (χ3v) is 4.38. The minimum Gasteiger partial charge on any atom is -0.493 e. The molecule has 0 bridgehead atoms. The van der Waals surface area contributed by atoms with Crippen molar-refractivity contribution in [2.75, 3.05) is 12.4 Å². The van der Waals surface area contributed by atoms with E-state index in [0.29, 0.717) is 13.0 Å². The first-order valence-electron chi connectivity index (χ1n) is 5.63. The first-order chi connectivity index (χ1) is 8.31. The van der Waals surface area contributed by atoms with Crippen LogP contribution in [-0.4, -0.2) is 20.8 Å². The second kappa shape index (κ2) is 6.78. The summed E-state index contributed by atoms with van der Waals surface area (Å²) in [6.45, 7) is 4.21. The highest BCUT2D eigenvalue weighted by atomic mass is 79.9. The van der Waals surface area contributed by atoms with E-state index in [1.807, 2.05) is 32.0 Å². The average Bonchev–Trinajstić information content (AvgIpc) is 2.27. The van der Waals surface area contributed by atoms with E-state index in [9.17, 15) is 8.42 Å². The van der Waals surface area contributed by atoms with Crippen molar-refractivity contribution in [1.29, 1.82) is 0 Å². The lowest BCUT2D eigenvalue weighted by Crippen LogP contribution is -2.19. The summed E-state index contributed by atoms with van der Waals surface area (Å²) in [5, 5.41) is 0. The molecule has 18 heavy (non-hydrogen) atoms. The molecule has 0 N–H and O–H groups in total. The van der Waals surface area contributed by atoms with Crippen LogP contribution in [0.4, 0.5) is 0 Å². The maximum Gasteiger partial charge on any atom is 0.232 e. The summed E-state index contributed by atoms with van der Waals surface area (Å²) < 4.78 is 28.7. The highest BCUT2D eigenvalue weighted by molar-refractivity contribution is 9.10. The zero-order chi connectivity index (χ0) is 13.8. The van der Waals surface area contributed by atoms with Gasteiger partial charge in [-0.3, -0.25) is 0 Å². The maximum atomic E-state index is 11.0. The molecule has 3 nitrogen and oxygen atoms in total. The molecule has 1 atom stereocenters. The minimum atomic E-state index is -3.48. The summed E-state index contributed by atoms with van der Waals surface area (Å²) in [5.41, 5.74) is 1.02. The van der Waals surface area contributed by atoms with Crippen LogP contribution >= 0.6 is 26.6 Å². The van der Waals surface area contributed by atoms with Gasteiger partial charge in [-0.25, -0.2) is 8.42 Å². The number of ether oxygens (including phenoxy) is 1. The fourth-order valence-corrected chi connectivity index (χ4v) is 3.27. The molecule has 0 saturated heterocycles. The van der Waals surface area contributed by atoms with Gasteiger partial charge >= 0.3 is 0 Å². The van der Waals surface area contributed by atoms with Crippen molar-refractivity contribution in [3.05, 3.63) is 28.2 Å². The molecular weight excluding hydrogens is 340 g/mol. The number of aryl methyl sites for hydroxylation is 1. The Balaban J connectivity index is 2.65. The topological polar surface area (TPSA) is 43.4 Å². The molecule has 0 saturated carbocycles. The number of hydrogen-bond donors (Lipinski definition) is 0. The molecule has 0 spiro atoms. The molecule has 0 aliphatic heterocycles. The summed E-state index contributed by atoms with van der Waals surface area (Å²) in [4.78, 5) is 0. The Morgan fingerprint density at radius 2 is 2.11 bits per heavy atom. The van der Waals surface area contributed by atoms with E-state index in [1.54, 1.807) is 0 Å². The van der Waals surface area contributed by atoms with Crippen LogP contribution in [0.15, 0.2) is 22.7 Å². The molecule has 0 amide bonds. The van der Waals surface area contributed by atoms with Crippen molar-refractivity contribution in [2.45, 2.75) is 20.3 Å². The minimum absolute atomic E-state index is 0.0574. The van der Waals surface area contributed by atoms with Gasteiger partial charge in [0.25, 0.3) is 0 Å². The predicted octanol–water partition coefficient (Wildman–Crippen LogP) is 3.73. The van der Waals surface area contributed by atoms with Crippen LogP contribution in [-0.2, 0) is 9.05 Å². The van der Waals surface area contributed by atoms with Crippen LogP contribution in [0, 0.1) is 12.8 Å². The maximum absolute atomic E-state index is 11.0. The Morgan fingerprint density at radius 3 is 2.67 bits per heavy atom. The van der Waals surface area contributed by atoms with Crippen LogP contribution in [0.25, 0.3) is 0 Å². The van der Waals surface area contributed by atoms with Gasteiger partial charge in [-0.1, -0.05) is 28.9 Å². The van der Waals surface area contributed by atoms with Crippen LogP contribution in [0.2, 0.25) is 0 Å². The highest BCUT2D eigenvalue weighted by Crippen LogP contribution is 2.24. The number of benzene rings is 1. The van der Waals surface area contributed by atoms with E-state index in [1.165, 1.54) is 0 Å². The molecule has 0 aliphatic carbocycles. The molecule has 6 heteroatoms. The van der Waals surface area contributed by atoms with Crippen molar-refractivity contribution in [1.82, 2.24) is 0 Å². The van der Waals surface area contributed by atoms with E-state index in [0.717, 1.165) is 15.8 Å². The Morgan fingerprint density at radius 1 is 1.44 bits per heavy atom. The molecule has 1 aromatic carbocycles. The van der Waals surface area contributed by atoms with Gasteiger partial charge in [-0.15, -0.1) is 0 Å².